The average molecular weight is 224 g/mol. The van der Waals surface area contributed by atoms with Crippen molar-refractivity contribution in [3.63, 3.8) is 0 Å². The fourth-order valence-corrected chi connectivity index (χ4v) is 3.07. The molecule has 2 rings (SSSR count). The molecule has 1 aliphatic heterocycles. The van der Waals surface area contributed by atoms with Crippen LogP contribution in [0.25, 0.3) is 0 Å². The fourth-order valence-electron chi connectivity index (χ4n) is 2.22. The molecule has 1 aromatic rings. The van der Waals surface area contributed by atoms with E-state index in [4.69, 9.17) is 0 Å². The Labute approximate surface area is 96.3 Å². The molecule has 1 N–H and O–H groups in total. The van der Waals surface area contributed by atoms with Gasteiger partial charge in [0, 0.05) is 25.7 Å². The van der Waals surface area contributed by atoms with E-state index < -0.39 is 0 Å². The Morgan fingerprint density at radius 2 is 2.40 bits per heavy atom. The summed E-state index contributed by atoms with van der Waals surface area (Å²) >= 11 is 1.82. The molecule has 2 nitrogen and oxygen atoms in total. The van der Waals surface area contributed by atoms with Crippen LogP contribution in [0.1, 0.15) is 24.5 Å². The molecule has 1 atom stereocenters. The molecule has 1 fully saturated rings. The van der Waals surface area contributed by atoms with Crippen LogP contribution < -0.4 is 5.32 Å². The quantitative estimate of drug-likeness (QED) is 0.844. The van der Waals surface area contributed by atoms with Gasteiger partial charge < -0.3 is 5.32 Å². The van der Waals surface area contributed by atoms with E-state index in [-0.39, 0.29) is 0 Å². The Kier molecular flexibility index (Phi) is 3.78. The number of hydrogen-bond acceptors (Lipinski definition) is 3. The molecule has 0 aliphatic carbocycles. The largest absolute Gasteiger partial charge is 0.313 e. The molecule has 1 aliphatic rings. The van der Waals surface area contributed by atoms with Gasteiger partial charge >= 0.3 is 0 Å². The Morgan fingerprint density at radius 3 is 3.07 bits per heavy atom. The van der Waals surface area contributed by atoms with E-state index in [2.05, 4.69) is 34.8 Å². The number of nitrogens with zero attached hydrogens (tertiary/aromatic N) is 1. The number of nitrogens with one attached hydrogen (secondary N) is 1. The smallest absolute Gasteiger partial charge is 0.0245 e. The predicted octanol–water partition coefficient (Wildman–Crippen LogP) is 2.24. The SMILES string of the molecule is CCNC1CCN(Cc2cscc2C)C1. The van der Waals surface area contributed by atoms with Gasteiger partial charge in [-0.15, -0.1) is 0 Å². The summed E-state index contributed by atoms with van der Waals surface area (Å²) in [6.07, 6.45) is 1.30. The van der Waals surface area contributed by atoms with Crippen LogP contribution in [0.2, 0.25) is 0 Å². The van der Waals surface area contributed by atoms with Crippen molar-refractivity contribution < 1.29 is 0 Å². The number of likely N-dealkylation sites (N-methyl/N-ethyl adjacent to an activating group) is 1. The normalized spacial score (nSPS) is 22.4. The molecule has 15 heavy (non-hydrogen) atoms. The van der Waals surface area contributed by atoms with Crippen LogP contribution in [0.5, 0.6) is 0 Å². The van der Waals surface area contributed by atoms with Crippen molar-refractivity contribution in [2.45, 2.75) is 32.9 Å². The lowest BCUT2D eigenvalue weighted by atomic mass is 10.2. The van der Waals surface area contributed by atoms with Crippen molar-refractivity contribution in [2.24, 2.45) is 0 Å². The standard InChI is InChI=1S/C12H20N2S/c1-3-13-12-4-5-14(7-12)6-11-9-15-8-10(11)2/h8-9,12-13H,3-7H2,1-2H3. The molecule has 1 aromatic heterocycles. The molecule has 0 spiro atoms. The number of thiophene rings is 1. The van der Waals surface area contributed by atoms with E-state index in [0.29, 0.717) is 6.04 Å². The highest BCUT2D eigenvalue weighted by Crippen LogP contribution is 2.18. The molecule has 0 bridgehead atoms. The molecule has 0 amide bonds. The van der Waals surface area contributed by atoms with Crippen molar-refractivity contribution in [1.82, 2.24) is 10.2 Å². The van der Waals surface area contributed by atoms with Crippen LogP contribution in [0, 0.1) is 6.92 Å². The zero-order valence-electron chi connectivity index (χ0n) is 9.62. The van der Waals surface area contributed by atoms with Gasteiger partial charge in [-0.05, 0) is 41.8 Å². The Bertz CT molecular complexity index is 308. The van der Waals surface area contributed by atoms with Gasteiger partial charge in [-0.25, -0.2) is 0 Å². The Morgan fingerprint density at radius 1 is 1.53 bits per heavy atom. The maximum Gasteiger partial charge on any atom is 0.0245 e. The highest BCUT2D eigenvalue weighted by Gasteiger charge is 2.21. The third-order valence-corrected chi connectivity index (χ3v) is 4.03. The van der Waals surface area contributed by atoms with Crippen molar-refractivity contribution in [3.05, 3.63) is 21.9 Å². The van der Waals surface area contributed by atoms with Crippen molar-refractivity contribution in [1.29, 1.82) is 0 Å². The summed E-state index contributed by atoms with van der Waals surface area (Å²) in [6, 6.07) is 0.717. The first kappa shape index (κ1) is 11.1. The molecule has 0 aromatic carbocycles. The van der Waals surface area contributed by atoms with Crippen LogP contribution in [0.3, 0.4) is 0 Å². The number of hydrogen-bond donors (Lipinski definition) is 1. The maximum absolute atomic E-state index is 3.53. The number of rotatable bonds is 4. The third kappa shape index (κ3) is 2.80. The molecule has 0 radical (unpaired) electrons. The second kappa shape index (κ2) is 5.10. The molecule has 84 valence electrons. The van der Waals surface area contributed by atoms with Crippen LogP contribution in [0.15, 0.2) is 10.8 Å². The highest BCUT2D eigenvalue weighted by molar-refractivity contribution is 7.08. The van der Waals surface area contributed by atoms with E-state index in [0.717, 1.165) is 13.1 Å². The third-order valence-electron chi connectivity index (χ3n) is 3.12. The zero-order valence-corrected chi connectivity index (χ0v) is 10.4. The maximum atomic E-state index is 3.53. The minimum absolute atomic E-state index is 0.717. The molecule has 2 heterocycles. The summed E-state index contributed by atoms with van der Waals surface area (Å²) in [7, 11) is 0. The number of aryl methyl sites for hydroxylation is 1. The Hall–Kier alpha value is -0.380. The minimum Gasteiger partial charge on any atom is -0.313 e. The second-order valence-corrected chi connectivity index (χ2v) is 5.10. The van der Waals surface area contributed by atoms with E-state index in [1.54, 1.807) is 0 Å². The van der Waals surface area contributed by atoms with E-state index in [1.165, 1.54) is 30.6 Å². The minimum atomic E-state index is 0.717. The molecule has 1 saturated heterocycles. The van der Waals surface area contributed by atoms with Gasteiger partial charge in [0.05, 0.1) is 0 Å². The first-order valence-electron chi connectivity index (χ1n) is 5.77. The van der Waals surface area contributed by atoms with Crippen LogP contribution in [-0.2, 0) is 6.54 Å². The van der Waals surface area contributed by atoms with Gasteiger partial charge in [0.2, 0.25) is 0 Å². The summed E-state index contributed by atoms with van der Waals surface area (Å²) in [5.41, 5.74) is 2.96. The molecule has 3 heteroatoms. The molecule has 1 unspecified atom stereocenters. The lowest BCUT2D eigenvalue weighted by Crippen LogP contribution is -2.32. The van der Waals surface area contributed by atoms with Gasteiger partial charge in [-0.1, -0.05) is 6.92 Å². The van der Waals surface area contributed by atoms with Gasteiger partial charge in [-0.3, -0.25) is 4.90 Å². The first-order chi connectivity index (χ1) is 7.29. The van der Waals surface area contributed by atoms with Crippen LogP contribution >= 0.6 is 11.3 Å². The fraction of sp³-hybridized carbons (Fsp3) is 0.667. The summed E-state index contributed by atoms with van der Waals surface area (Å²) in [4.78, 5) is 2.56. The molecule has 0 saturated carbocycles. The van der Waals surface area contributed by atoms with Crippen molar-refractivity contribution in [3.8, 4) is 0 Å². The van der Waals surface area contributed by atoms with E-state index in [1.807, 2.05) is 11.3 Å². The predicted molar refractivity (Wildman–Crippen MR) is 66.4 cm³/mol. The summed E-state index contributed by atoms with van der Waals surface area (Å²) in [5.74, 6) is 0. The summed E-state index contributed by atoms with van der Waals surface area (Å²) < 4.78 is 0. The van der Waals surface area contributed by atoms with Crippen LogP contribution in [0.4, 0.5) is 0 Å². The van der Waals surface area contributed by atoms with Gasteiger partial charge in [-0.2, -0.15) is 11.3 Å². The topological polar surface area (TPSA) is 15.3 Å². The van der Waals surface area contributed by atoms with Crippen molar-refractivity contribution >= 4 is 11.3 Å². The lowest BCUT2D eigenvalue weighted by Gasteiger charge is -2.16. The lowest BCUT2D eigenvalue weighted by molar-refractivity contribution is 0.320. The zero-order chi connectivity index (χ0) is 10.7. The van der Waals surface area contributed by atoms with Gasteiger partial charge in [0.15, 0.2) is 0 Å². The van der Waals surface area contributed by atoms with Crippen molar-refractivity contribution in [2.75, 3.05) is 19.6 Å². The number of likely N-dealkylation sites (tertiary alicyclic amines) is 1. The first-order valence-corrected chi connectivity index (χ1v) is 6.71. The average Bonchev–Trinajstić information content (AvgIpc) is 2.79. The summed E-state index contributed by atoms with van der Waals surface area (Å²) in [6.45, 7) is 9.08. The van der Waals surface area contributed by atoms with Gasteiger partial charge in [0.1, 0.15) is 0 Å². The monoisotopic (exact) mass is 224 g/mol. The highest BCUT2D eigenvalue weighted by atomic mass is 32.1. The second-order valence-electron chi connectivity index (χ2n) is 4.36. The molecular formula is C12H20N2S. The van der Waals surface area contributed by atoms with E-state index in [9.17, 15) is 0 Å². The van der Waals surface area contributed by atoms with E-state index >= 15 is 0 Å². The van der Waals surface area contributed by atoms with Crippen LogP contribution in [-0.4, -0.2) is 30.6 Å². The summed E-state index contributed by atoms with van der Waals surface area (Å²) in [5, 5.41) is 8.06. The Balaban J connectivity index is 1.85. The van der Waals surface area contributed by atoms with Gasteiger partial charge in [0.25, 0.3) is 0 Å². The molecular weight excluding hydrogens is 204 g/mol.